The highest BCUT2D eigenvalue weighted by atomic mass is 35.5. The summed E-state index contributed by atoms with van der Waals surface area (Å²) >= 11 is 5.98. The van der Waals surface area contributed by atoms with Crippen LogP contribution in [0, 0.1) is 11.3 Å². The van der Waals surface area contributed by atoms with Crippen LogP contribution < -0.4 is 15.0 Å². The normalized spacial score (nSPS) is 9.83. The van der Waals surface area contributed by atoms with Crippen LogP contribution in [-0.2, 0) is 4.79 Å². The fourth-order valence-corrected chi connectivity index (χ4v) is 2.13. The van der Waals surface area contributed by atoms with Crippen molar-refractivity contribution in [2.75, 3.05) is 30.9 Å². The van der Waals surface area contributed by atoms with Gasteiger partial charge in [-0.05, 0) is 42.5 Å². The molecule has 0 heterocycles. The fraction of sp³-hybridized carbons (Fsp3) is 0.176. The maximum Gasteiger partial charge on any atom is 0.262 e. The van der Waals surface area contributed by atoms with Gasteiger partial charge < -0.3 is 15.0 Å². The largest absolute Gasteiger partial charge is 0.484 e. The van der Waals surface area contributed by atoms with Crippen LogP contribution in [0.2, 0.25) is 5.02 Å². The van der Waals surface area contributed by atoms with Crippen LogP contribution >= 0.6 is 11.6 Å². The first kappa shape index (κ1) is 16.7. The second kappa shape index (κ2) is 7.52. The predicted molar refractivity (Wildman–Crippen MR) is 91.1 cm³/mol. The van der Waals surface area contributed by atoms with E-state index in [1.165, 1.54) is 0 Å². The third kappa shape index (κ3) is 4.63. The quantitative estimate of drug-likeness (QED) is 0.914. The zero-order valence-corrected chi connectivity index (χ0v) is 13.6. The minimum Gasteiger partial charge on any atom is -0.484 e. The van der Waals surface area contributed by atoms with Crippen molar-refractivity contribution in [3.63, 3.8) is 0 Å². The molecule has 1 amide bonds. The Kier molecular flexibility index (Phi) is 5.45. The molecule has 2 aromatic rings. The average Bonchev–Trinajstić information content (AvgIpc) is 2.53. The van der Waals surface area contributed by atoms with Crippen LogP contribution in [0.1, 0.15) is 5.56 Å². The van der Waals surface area contributed by atoms with Gasteiger partial charge in [0.2, 0.25) is 0 Å². The highest BCUT2D eigenvalue weighted by Gasteiger charge is 2.10. The van der Waals surface area contributed by atoms with E-state index in [9.17, 15) is 4.79 Å². The van der Waals surface area contributed by atoms with Gasteiger partial charge in [0, 0.05) is 19.1 Å². The van der Waals surface area contributed by atoms with Crippen LogP contribution in [0.5, 0.6) is 5.75 Å². The molecule has 2 aromatic carbocycles. The van der Waals surface area contributed by atoms with E-state index in [2.05, 4.69) is 5.32 Å². The summed E-state index contributed by atoms with van der Waals surface area (Å²) in [5.74, 6) is 0.234. The first-order valence-corrected chi connectivity index (χ1v) is 7.27. The number of hydrogen-bond acceptors (Lipinski definition) is 4. The molecule has 23 heavy (non-hydrogen) atoms. The summed E-state index contributed by atoms with van der Waals surface area (Å²) in [6.45, 7) is -0.134. The Labute approximate surface area is 140 Å². The number of amides is 1. The average molecular weight is 330 g/mol. The summed E-state index contributed by atoms with van der Waals surface area (Å²) in [7, 11) is 3.76. The number of nitrogens with one attached hydrogen (secondary N) is 1. The summed E-state index contributed by atoms with van der Waals surface area (Å²) in [6.07, 6.45) is 0. The smallest absolute Gasteiger partial charge is 0.262 e. The maximum atomic E-state index is 12.0. The van der Waals surface area contributed by atoms with Gasteiger partial charge >= 0.3 is 0 Å². The first-order chi connectivity index (χ1) is 11.0. The Balaban J connectivity index is 1.99. The molecule has 1 N–H and O–H groups in total. The van der Waals surface area contributed by atoms with Crippen LogP contribution in [0.25, 0.3) is 0 Å². The third-order valence-corrected chi connectivity index (χ3v) is 3.30. The zero-order valence-electron chi connectivity index (χ0n) is 12.8. The second-order valence-corrected chi connectivity index (χ2v) is 5.47. The molecule has 0 radical (unpaired) electrons. The Hall–Kier alpha value is -2.71. The summed E-state index contributed by atoms with van der Waals surface area (Å²) in [6, 6.07) is 13.9. The van der Waals surface area contributed by atoms with Crippen molar-refractivity contribution in [1.82, 2.24) is 0 Å². The minimum atomic E-state index is -0.292. The van der Waals surface area contributed by atoms with Gasteiger partial charge in [0.25, 0.3) is 5.91 Å². The molecule has 5 nitrogen and oxygen atoms in total. The number of carbonyl (C=O) groups excluding carboxylic acids is 1. The monoisotopic (exact) mass is 329 g/mol. The Bertz CT molecular complexity index is 736. The number of hydrogen-bond donors (Lipinski definition) is 1. The molecular weight excluding hydrogens is 314 g/mol. The number of rotatable bonds is 5. The molecule has 0 bridgehead atoms. The van der Waals surface area contributed by atoms with E-state index < -0.39 is 0 Å². The van der Waals surface area contributed by atoms with Gasteiger partial charge in [-0.25, -0.2) is 0 Å². The summed E-state index contributed by atoms with van der Waals surface area (Å²) < 4.78 is 5.40. The molecule has 0 unspecified atom stereocenters. The zero-order chi connectivity index (χ0) is 16.8. The van der Waals surface area contributed by atoms with Gasteiger partial charge in [-0.3, -0.25) is 4.79 Å². The van der Waals surface area contributed by atoms with Gasteiger partial charge in [0.15, 0.2) is 6.61 Å². The summed E-state index contributed by atoms with van der Waals surface area (Å²) in [5.41, 5.74) is 2.01. The molecule has 0 aliphatic heterocycles. The number of anilines is 2. The van der Waals surface area contributed by atoms with Crippen molar-refractivity contribution in [1.29, 1.82) is 5.26 Å². The molecule has 0 spiro atoms. The second-order valence-electron chi connectivity index (χ2n) is 5.03. The lowest BCUT2D eigenvalue weighted by Crippen LogP contribution is -2.22. The van der Waals surface area contributed by atoms with Crippen molar-refractivity contribution >= 4 is 28.9 Å². The van der Waals surface area contributed by atoms with Gasteiger partial charge in [-0.15, -0.1) is 0 Å². The van der Waals surface area contributed by atoms with E-state index in [0.717, 1.165) is 5.69 Å². The van der Waals surface area contributed by atoms with E-state index >= 15 is 0 Å². The lowest BCUT2D eigenvalue weighted by molar-refractivity contribution is -0.118. The Morgan fingerprint density at radius 1 is 1.26 bits per heavy atom. The van der Waals surface area contributed by atoms with E-state index in [-0.39, 0.29) is 12.5 Å². The lowest BCUT2D eigenvalue weighted by Gasteiger charge is -2.18. The molecule has 0 aliphatic rings. The number of nitrogens with zero attached hydrogens (tertiary/aromatic N) is 2. The fourth-order valence-electron chi connectivity index (χ4n) is 1.96. The predicted octanol–water partition coefficient (Wildman–Crippen LogP) is 3.30. The Morgan fingerprint density at radius 3 is 2.57 bits per heavy atom. The van der Waals surface area contributed by atoms with Crippen molar-refractivity contribution in [2.24, 2.45) is 0 Å². The van der Waals surface area contributed by atoms with E-state index in [1.807, 2.05) is 31.1 Å². The first-order valence-electron chi connectivity index (χ1n) is 6.89. The van der Waals surface area contributed by atoms with Crippen LogP contribution in [0.15, 0.2) is 42.5 Å². The van der Waals surface area contributed by atoms with Gasteiger partial charge in [0.1, 0.15) is 5.75 Å². The summed E-state index contributed by atoms with van der Waals surface area (Å²) in [4.78, 5) is 13.9. The topological polar surface area (TPSA) is 65.4 Å². The van der Waals surface area contributed by atoms with Gasteiger partial charge in [-0.1, -0.05) is 11.6 Å². The molecule has 0 aromatic heterocycles. The molecule has 0 aliphatic carbocycles. The third-order valence-electron chi connectivity index (χ3n) is 3.07. The molecule has 0 saturated carbocycles. The van der Waals surface area contributed by atoms with E-state index in [0.29, 0.717) is 22.0 Å². The summed E-state index contributed by atoms with van der Waals surface area (Å²) in [5, 5.41) is 12.1. The van der Waals surface area contributed by atoms with Crippen molar-refractivity contribution in [3.8, 4) is 11.8 Å². The minimum absolute atomic E-state index is 0.134. The van der Waals surface area contributed by atoms with Crippen molar-refractivity contribution in [3.05, 3.63) is 53.1 Å². The highest BCUT2D eigenvalue weighted by molar-refractivity contribution is 6.31. The maximum absolute atomic E-state index is 12.0. The van der Waals surface area contributed by atoms with Crippen molar-refractivity contribution < 1.29 is 9.53 Å². The SMILES string of the molecule is CN(C)c1ccc(Cl)cc1NC(=O)COc1ccc(C#N)cc1. The number of ether oxygens (including phenoxy) is 1. The molecule has 118 valence electrons. The van der Waals surface area contributed by atoms with Gasteiger partial charge in [0.05, 0.1) is 23.0 Å². The van der Waals surface area contributed by atoms with E-state index in [4.69, 9.17) is 21.6 Å². The Morgan fingerprint density at radius 2 is 1.96 bits per heavy atom. The molecular formula is C17H16ClN3O2. The number of nitriles is 1. The lowest BCUT2D eigenvalue weighted by atomic mass is 10.2. The number of carbonyl (C=O) groups is 1. The van der Waals surface area contributed by atoms with Crippen LogP contribution in [-0.4, -0.2) is 26.6 Å². The molecule has 0 atom stereocenters. The van der Waals surface area contributed by atoms with E-state index in [1.54, 1.807) is 36.4 Å². The van der Waals surface area contributed by atoms with Crippen LogP contribution in [0.4, 0.5) is 11.4 Å². The number of halogens is 1. The molecule has 6 heteroatoms. The van der Waals surface area contributed by atoms with Gasteiger partial charge in [-0.2, -0.15) is 5.26 Å². The highest BCUT2D eigenvalue weighted by Crippen LogP contribution is 2.27. The van der Waals surface area contributed by atoms with Crippen molar-refractivity contribution in [2.45, 2.75) is 0 Å². The standard InChI is InChI=1S/C17H16ClN3O2/c1-21(2)16-8-5-13(18)9-15(16)20-17(22)11-23-14-6-3-12(10-19)4-7-14/h3-9H,11H2,1-2H3,(H,20,22). The molecule has 0 saturated heterocycles. The molecule has 0 fully saturated rings. The number of benzene rings is 2. The molecule has 2 rings (SSSR count). The van der Waals surface area contributed by atoms with Crippen LogP contribution in [0.3, 0.4) is 0 Å².